The van der Waals surface area contributed by atoms with E-state index in [0.29, 0.717) is 31.6 Å². The van der Waals surface area contributed by atoms with Crippen molar-refractivity contribution in [2.45, 2.75) is 101 Å². The summed E-state index contributed by atoms with van der Waals surface area (Å²) in [7, 11) is 4.93. The molecule has 338 valence electrons. The molecular weight excluding hydrogens is 833 g/mol. The van der Waals surface area contributed by atoms with Crippen molar-refractivity contribution in [3.05, 3.63) is 112 Å². The van der Waals surface area contributed by atoms with Gasteiger partial charge in [-0.2, -0.15) is 11.8 Å². The summed E-state index contributed by atoms with van der Waals surface area (Å²) in [6.45, 7) is 6.69. The third-order valence-electron chi connectivity index (χ3n) is 13.2. The fraction of sp³-hybridized carbons (Fsp3) is 0.500. The van der Waals surface area contributed by atoms with Crippen LogP contribution in [0, 0.1) is 11.8 Å². The van der Waals surface area contributed by atoms with Gasteiger partial charge in [0.25, 0.3) is 0 Å². The summed E-state index contributed by atoms with van der Waals surface area (Å²) in [5.41, 5.74) is 5.63. The molecule has 3 aromatic carbocycles. The molecule has 1 saturated heterocycles. The first-order valence-corrected chi connectivity index (χ1v) is 24.5. The minimum absolute atomic E-state index is 0.0363. The van der Waals surface area contributed by atoms with Crippen molar-refractivity contribution in [2.24, 2.45) is 11.8 Å². The second-order valence-corrected chi connectivity index (χ2v) is 18.8. The monoisotopic (exact) mass is 896 g/mol. The van der Waals surface area contributed by atoms with Gasteiger partial charge >= 0.3 is 6.09 Å². The minimum Gasteiger partial charge on any atom is -0.449 e. The fourth-order valence-electron chi connectivity index (χ4n) is 9.72. The number of carbonyl (C=O) groups is 4. The molecule has 0 unspecified atom stereocenters. The van der Waals surface area contributed by atoms with Crippen LogP contribution in [0.15, 0.2) is 90.4 Å². The number of methoxy groups -OCH3 is 2. The number of fused-ring (bicyclic) bond motifs is 3. The van der Waals surface area contributed by atoms with Crippen LogP contribution in [0.3, 0.4) is 0 Å². The van der Waals surface area contributed by atoms with E-state index in [4.69, 9.17) is 14.2 Å². The Labute approximate surface area is 381 Å². The number of ether oxygens (including phenoxy) is 3. The Kier molecular flexibility index (Phi) is 17.4. The number of thioether (sulfide) groups is 1. The molecule has 6 rings (SSSR count). The number of Topliss-reactive ketones (excluding diaryl/α,β-unsaturated/α-hetero) is 1. The summed E-state index contributed by atoms with van der Waals surface area (Å²) >= 11 is 3.02. The zero-order chi connectivity index (χ0) is 45.0. The summed E-state index contributed by atoms with van der Waals surface area (Å²) in [5, 5.41) is 5.75. The van der Waals surface area contributed by atoms with Crippen LogP contribution in [0.1, 0.15) is 86.4 Å². The van der Waals surface area contributed by atoms with Crippen LogP contribution in [-0.4, -0.2) is 115 Å². The molecule has 1 fully saturated rings. The molecule has 0 radical (unpaired) electrons. The molecule has 63 heavy (non-hydrogen) atoms. The largest absolute Gasteiger partial charge is 0.449 e. The Morgan fingerprint density at radius 1 is 0.937 bits per heavy atom. The highest BCUT2D eigenvalue weighted by Crippen LogP contribution is 2.44. The fourth-order valence-corrected chi connectivity index (χ4v) is 11.0. The van der Waals surface area contributed by atoms with Crippen molar-refractivity contribution in [2.75, 3.05) is 46.4 Å². The average Bonchev–Trinajstić information content (AvgIpc) is 4.09. The third kappa shape index (κ3) is 11.4. The summed E-state index contributed by atoms with van der Waals surface area (Å²) < 4.78 is 18.0. The maximum atomic E-state index is 14.4. The first kappa shape index (κ1) is 47.9. The molecule has 1 aliphatic carbocycles. The van der Waals surface area contributed by atoms with Crippen LogP contribution in [-0.2, 0) is 35.0 Å². The molecule has 1 N–H and O–H groups in total. The second-order valence-electron chi connectivity index (χ2n) is 17.0. The normalized spacial score (nSPS) is 18.0. The Balaban J connectivity index is 1.10. The van der Waals surface area contributed by atoms with Gasteiger partial charge in [-0.1, -0.05) is 106 Å². The van der Waals surface area contributed by atoms with Crippen molar-refractivity contribution in [1.82, 2.24) is 20.1 Å². The number of alkyl carbamates (subject to hydrolysis) is 1. The average molecular weight is 897 g/mol. The molecule has 4 aromatic rings. The van der Waals surface area contributed by atoms with Crippen molar-refractivity contribution >= 4 is 46.8 Å². The lowest BCUT2D eigenvalue weighted by Gasteiger charge is -2.40. The van der Waals surface area contributed by atoms with Gasteiger partial charge in [0.1, 0.15) is 18.4 Å². The van der Waals surface area contributed by atoms with Gasteiger partial charge < -0.3 is 29.3 Å². The summed E-state index contributed by atoms with van der Waals surface area (Å²) in [5.74, 6) is -0.659. The van der Waals surface area contributed by atoms with Crippen molar-refractivity contribution in [3.8, 4) is 11.1 Å². The summed E-state index contributed by atoms with van der Waals surface area (Å²) in [6.07, 6.45) is 5.17. The minimum atomic E-state index is -0.868. The number of hydrogen-bond donors (Lipinski definition) is 1. The van der Waals surface area contributed by atoms with E-state index in [1.807, 2.05) is 65.9 Å². The number of ketones is 1. The van der Waals surface area contributed by atoms with Gasteiger partial charge in [-0.25, -0.2) is 9.78 Å². The van der Waals surface area contributed by atoms with E-state index in [1.54, 1.807) is 43.7 Å². The Morgan fingerprint density at radius 2 is 1.60 bits per heavy atom. The van der Waals surface area contributed by atoms with Crippen LogP contribution >= 0.6 is 23.1 Å². The van der Waals surface area contributed by atoms with Crippen LogP contribution in [0.4, 0.5) is 4.79 Å². The van der Waals surface area contributed by atoms with Crippen LogP contribution in [0.5, 0.6) is 0 Å². The van der Waals surface area contributed by atoms with Gasteiger partial charge in [0, 0.05) is 69.3 Å². The Morgan fingerprint density at radius 3 is 2.21 bits per heavy atom. The number of benzene rings is 3. The number of likely N-dealkylation sites (N-methyl/N-ethyl adjacent to an activating group) is 1. The van der Waals surface area contributed by atoms with Gasteiger partial charge in [-0.15, -0.1) is 11.3 Å². The van der Waals surface area contributed by atoms with E-state index in [-0.39, 0.29) is 54.4 Å². The molecule has 1 aromatic heterocycles. The van der Waals surface area contributed by atoms with Crippen molar-refractivity contribution in [3.63, 3.8) is 0 Å². The van der Waals surface area contributed by atoms with Gasteiger partial charge in [0.05, 0.1) is 35.7 Å². The highest BCUT2D eigenvalue weighted by Gasteiger charge is 2.43. The van der Waals surface area contributed by atoms with Gasteiger partial charge in [0.15, 0.2) is 0 Å². The van der Waals surface area contributed by atoms with E-state index in [9.17, 15) is 19.2 Å². The molecule has 2 aliphatic rings. The van der Waals surface area contributed by atoms with Crippen LogP contribution in [0.2, 0.25) is 0 Å². The summed E-state index contributed by atoms with van der Waals surface area (Å²) in [6, 6.07) is 24.8. The van der Waals surface area contributed by atoms with Gasteiger partial charge in [-0.05, 0) is 59.3 Å². The molecule has 0 bridgehead atoms. The topological polar surface area (TPSA) is 127 Å². The molecule has 0 spiro atoms. The number of aromatic nitrogens is 1. The first-order valence-electron chi connectivity index (χ1n) is 22.2. The third-order valence-corrected chi connectivity index (χ3v) is 14.8. The second kappa shape index (κ2) is 22.9. The van der Waals surface area contributed by atoms with Gasteiger partial charge in [0.2, 0.25) is 11.8 Å². The lowest BCUT2D eigenvalue weighted by Crippen LogP contribution is -2.57. The van der Waals surface area contributed by atoms with Crippen molar-refractivity contribution < 1.29 is 33.4 Å². The highest BCUT2D eigenvalue weighted by atomic mass is 32.2. The molecule has 13 heteroatoms. The number of carbonyl (C=O) groups excluding carboxylic acids is 4. The number of nitrogens with one attached hydrogen (secondary N) is 1. The molecule has 0 saturated carbocycles. The highest BCUT2D eigenvalue weighted by molar-refractivity contribution is 7.98. The Hall–Kier alpha value is -4.56. The standard InChI is InChI=1S/C50H64N4O7S2/c1-8-32(2)46(53(4)49(57)41(31-62-7)52-50(58)61-30-40-38-21-14-12-19-36(38)37-20-13-15-22-39(37)40)44(59-5)29-45(56)54-25-16-23-42(54)47(60-6)33(3)43(55)28-35(48-51-24-26-63-48)27-34-17-10-9-11-18-34/h9-15,17-22,24,26,32-33,35,40-42,44,46-47H,8,16,23,25,27-31H2,1-7H3,(H,52,58)/t32-,33-,35+,41-,42-,44+,46-,47+/m0/s1. The van der Waals surface area contributed by atoms with E-state index in [2.05, 4.69) is 60.5 Å². The van der Waals surface area contributed by atoms with Gasteiger partial charge in [-0.3, -0.25) is 14.4 Å². The maximum Gasteiger partial charge on any atom is 0.407 e. The summed E-state index contributed by atoms with van der Waals surface area (Å²) in [4.78, 5) is 64.4. The number of hydrogen-bond acceptors (Lipinski definition) is 10. The SMILES string of the molecule is CC[C@H](C)[C@@H]([C@@H](CC(=O)N1CCC[C@H]1[C@H](OC)[C@@H](C)C(=O)C[C@@H](Cc1ccccc1)c1nccs1)OC)N(C)C(=O)[C@H](CSC)NC(=O)OCC1c2ccccc2-c2ccccc21. The number of likely N-dealkylation sites (tertiary alicyclic amines) is 1. The molecular formula is C50H64N4O7S2. The lowest BCUT2D eigenvalue weighted by molar-refractivity contribution is -0.146. The number of rotatable bonds is 22. The Bertz CT molecular complexity index is 2070. The predicted molar refractivity (Wildman–Crippen MR) is 251 cm³/mol. The zero-order valence-corrected chi connectivity index (χ0v) is 39.4. The van der Waals surface area contributed by atoms with E-state index in [1.165, 1.54) is 11.8 Å². The first-order chi connectivity index (χ1) is 30.5. The molecule has 8 atom stereocenters. The molecule has 1 aliphatic heterocycles. The number of nitrogens with zero attached hydrogens (tertiary/aromatic N) is 3. The molecule has 11 nitrogen and oxygen atoms in total. The zero-order valence-electron chi connectivity index (χ0n) is 37.7. The predicted octanol–water partition coefficient (Wildman–Crippen LogP) is 8.62. The van der Waals surface area contributed by atoms with Crippen LogP contribution < -0.4 is 5.32 Å². The van der Waals surface area contributed by atoms with E-state index >= 15 is 0 Å². The van der Waals surface area contributed by atoms with Crippen LogP contribution in [0.25, 0.3) is 11.1 Å². The van der Waals surface area contributed by atoms with E-state index < -0.39 is 36.3 Å². The molecule has 2 heterocycles. The number of thiazole rings is 1. The maximum absolute atomic E-state index is 14.4. The van der Waals surface area contributed by atoms with Crippen molar-refractivity contribution in [1.29, 1.82) is 0 Å². The van der Waals surface area contributed by atoms with E-state index in [0.717, 1.165) is 45.7 Å². The quantitative estimate of drug-likeness (QED) is 0.0825. The molecule has 3 amide bonds. The lowest BCUT2D eigenvalue weighted by atomic mass is 9.85. The smallest absolute Gasteiger partial charge is 0.407 e. The number of amides is 3.